The summed E-state index contributed by atoms with van der Waals surface area (Å²) in [6.45, 7) is 0. The molecule has 4 aromatic carbocycles. The van der Waals surface area contributed by atoms with E-state index >= 15 is 4.39 Å². The number of aromatic nitrogens is 4. The van der Waals surface area contributed by atoms with Gasteiger partial charge in [0.05, 0.1) is 20.5 Å². The Hall–Kier alpha value is -5.98. The molecule has 1 amide bonds. The lowest BCUT2D eigenvalue weighted by Gasteiger charge is -2.39. The Labute approximate surface area is 286 Å². The number of methoxy groups -OCH3 is 2. The highest BCUT2D eigenvalue weighted by Gasteiger charge is 2.52. The highest BCUT2D eigenvalue weighted by molar-refractivity contribution is 6.06. The van der Waals surface area contributed by atoms with Gasteiger partial charge in [-0.15, -0.1) is 0 Å². The number of ether oxygens (including phenoxy) is 4. The monoisotopic (exact) mass is 673 g/mol. The van der Waals surface area contributed by atoms with Gasteiger partial charge in [0.15, 0.2) is 35.7 Å². The number of alkyl halides is 1. The Bertz CT molecular complexity index is 2050. The number of hydrogen-bond donors (Lipinski definition) is 1. The molecule has 50 heavy (non-hydrogen) atoms. The Kier molecular flexibility index (Phi) is 9.03. The van der Waals surface area contributed by atoms with Gasteiger partial charge >= 0.3 is 0 Å². The van der Waals surface area contributed by atoms with Crippen molar-refractivity contribution >= 4 is 29.2 Å². The third kappa shape index (κ3) is 5.84. The topological polar surface area (TPSA) is 127 Å². The fraction of sp³-hybridized carbons (Fsp3) is 0.184. The van der Waals surface area contributed by atoms with Crippen LogP contribution >= 0.6 is 0 Å². The fourth-order valence-electron chi connectivity index (χ4n) is 6.25. The number of benzene rings is 4. The van der Waals surface area contributed by atoms with Crippen molar-refractivity contribution in [2.24, 2.45) is 0 Å². The van der Waals surface area contributed by atoms with Crippen LogP contribution in [0.15, 0.2) is 122 Å². The number of amides is 1. The Morgan fingerprint density at radius 3 is 1.98 bits per heavy atom. The lowest BCUT2D eigenvalue weighted by atomic mass is 9.79. The molecule has 1 N–H and O–H groups in total. The molecular formula is C38H32FN5O6. The van der Waals surface area contributed by atoms with E-state index < -0.39 is 36.1 Å². The van der Waals surface area contributed by atoms with Crippen molar-refractivity contribution < 1.29 is 32.9 Å². The van der Waals surface area contributed by atoms with Crippen molar-refractivity contribution in [3.8, 4) is 11.5 Å². The van der Waals surface area contributed by atoms with Crippen LogP contribution in [0.4, 0.5) is 10.2 Å². The third-order valence-corrected chi connectivity index (χ3v) is 8.73. The van der Waals surface area contributed by atoms with Crippen LogP contribution in [0.3, 0.4) is 0 Å². The number of aldehydes is 1. The number of nitrogens with one attached hydrogen (secondary N) is 1. The van der Waals surface area contributed by atoms with Crippen LogP contribution in [-0.2, 0) is 19.9 Å². The van der Waals surface area contributed by atoms with Gasteiger partial charge in [-0.05, 0) is 53.1 Å². The van der Waals surface area contributed by atoms with Crippen LogP contribution in [-0.4, -0.2) is 64.3 Å². The molecule has 0 unspecified atom stereocenters. The first-order valence-corrected chi connectivity index (χ1v) is 15.8. The second-order valence-electron chi connectivity index (χ2n) is 11.5. The van der Waals surface area contributed by atoms with Gasteiger partial charge < -0.3 is 29.1 Å². The normalized spacial score (nSPS) is 18.9. The summed E-state index contributed by atoms with van der Waals surface area (Å²) < 4.78 is 42.3. The molecule has 4 atom stereocenters. The Balaban J connectivity index is 1.29. The minimum atomic E-state index is -1.88. The second kappa shape index (κ2) is 13.9. The number of imidazole rings is 1. The minimum absolute atomic E-state index is 0.137. The molecule has 0 saturated carbocycles. The number of rotatable bonds is 11. The maximum atomic E-state index is 17.0. The molecule has 12 heteroatoms. The van der Waals surface area contributed by atoms with E-state index in [2.05, 4.69) is 20.3 Å². The molecule has 1 aliphatic heterocycles. The Morgan fingerprint density at radius 2 is 1.40 bits per heavy atom. The zero-order chi connectivity index (χ0) is 34.7. The molecular weight excluding hydrogens is 641 g/mol. The van der Waals surface area contributed by atoms with Crippen LogP contribution in [0.2, 0.25) is 0 Å². The van der Waals surface area contributed by atoms with Crippen molar-refractivity contribution in [2.45, 2.75) is 30.2 Å². The van der Waals surface area contributed by atoms with E-state index in [0.29, 0.717) is 40.0 Å². The van der Waals surface area contributed by atoms with E-state index in [1.807, 2.05) is 54.6 Å². The average molecular weight is 674 g/mol. The highest BCUT2D eigenvalue weighted by atomic mass is 19.1. The van der Waals surface area contributed by atoms with Gasteiger partial charge in [-0.1, -0.05) is 72.8 Å². The molecule has 3 heterocycles. The van der Waals surface area contributed by atoms with Crippen molar-refractivity contribution in [1.29, 1.82) is 0 Å². The SMILES string of the molecule is COc1ccc(C(O[C@H]2[C@@H](F)[C@H](n3cnc4c(NC(=O)c5ccccc5)ncnc43)O[C@@H]2C=O)(c2ccccc2)c2ccc(OC)cc2)cc1. The fourth-order valence-corrected chi connectivity index (χ4v) is 6.25. The van der Waals surface area contributed by atoms with E-state index in [1.54, 1.807) is 68.8 Å². The molecule has 0 radical (unpaired) electrons. The summed E-state index contributed by atoms with van der Waals surface area (Å²) in [7, 11) is 3.14. The molecule has 1 aliphatic rings. The quantitative estimate of drug-likeness (QED) is 0.132. The summed E-state index contributed by atoms with van der Waals surface area (Å²) in [4.78, 5) is 38.4. The van der Waals surface area contributed by atoms with E-state index in [4.69, 9.17) is 18.9 Å². The molecule has 1 saturated heterocycles. The lowest BCUT2D eigenvalue weighted by Crippen LogP contribution is -2.43. The predicted molar refractivity (Wildman–Crippen MR) is 182 cm³/mol. The number of halogens is 1. The van der Waals surface area contributed by atoms with Gasteiger partial charge in [0.25, 0.3) is 5.91 Å². The molecule has 252 valence electrons. The molecule has 2 aromatic heterocycles. The highest BCUT2D eigenvalue weighted by Crippen LogP contribution is 2.46. The molecule has 0 aliphatic carbocycles. The number of carbonyl (C=O) groups is 2. The van der Waals surface area contributed by atoms with Gasteiger partial charge in [-0.3, -0.25) is 9.36 Å². The van der Waals surface area contributed by atoms with Gasteiger partial charge in [0.2, 0.25) is 0 Å². The third-order valence-electron chi connectivity index (χ3n) is 8.73. The average Bonchev–Trinajstić information content (AvgIpc) is 3.75. The summed E-state index contributed by atoms with van der Waals surface area (Å²) in [6, 6.07) is 32.6. The molecule has 11 nitrogen and oxygen atoms in total. The molecule has 1 fully saturated rings. The van der Waals surface area contributed by atoms with Gasteiger partial charge in [0.1, 0.15) is 35.6 Å². The van der Waals surface area contributed by atoms with Crippen molar-refractivity contribution in [2.75, 3.05) is 19.5 Å². The van der Waals surface area contributed by atoms with Crippen molar-refractivity contribution in [3.05, 3.63) is 144 Å². The lowest BCUT2D eigenvalue weighted by molar-refractivity contribution is -0.131. The summed E-state index contributed by atoms with van der Waals surface area (Å²) >= 11 is 0. The largest absolute Gasteiger partial charge is 0.497 e. The molecule has 0 spiro atoms. The van der Waals surface area contributed by atoms with Crippen LogP contribution < -0.4 is 14.8 Å². The maximum absolute atomic E-state index is 17.0. The zero-order valence-corrected chi connectivity index (χ0v) is 27.1. The summed E-state index contributed by atoms with van der Waals surface area (Å²) in [5.74, 6) is 0.983. The predicted octanol–water partition coefficient (Wildman–Crippen LogP) is 5.91. The molecule has 0 bridgehead atoms. The van der Waals surface area contributed by atoms with Crippen LogP contribution in [0.5, 0.6) is 11.5 Å². The number of hydrogen-bond acceptors (Lipinski definition) is 9. The summed E-state index contributed by atoms with van der Waals surface area (Å²) in [5, 5.41) is 2.75. The zero-order valence-electron chi connectivity index (χ0n) is 27.1. The van der Waals surface area contributed by atoms with Crippen LogP contribution in [0.25, 0.3) is 11.2 Å². The first-order chi connectivity index (χ1) is 24.5. The number of carbonyl (C=O) groups excluding carboxylic acids is 2. The number of anilines is 1. The van der Waals surface area contributed by atoms with Gasteiger partial charge in [-0.2, -0.15) is 0 Å². The second-order valence-corrected chi connectivity index (χ2v) is 11.5. The summed E-state index contributed by atoms with van der Waals surface area (Å²) in [5.41, 5.74) is 1.43. The van der Waals surface area contributed by atoms with Crippen molar-refractivity contribution in [1.82, 2.24) is 19.5 Å². The summed E-state index contributed by atoms with van der Waals surface area (Å²) in [6.07, 6.45) is -2.81. The smallest absolute Gasteiger partial charge is 0.256 e. The minimum Gasteiger partial charge on any atom is -0.497 e. The van der Waals surface area contributed by atoms with E-state index in [-0.39, 0.29) is 17.0 Å². The van der Waals surface area contributed by atoms with Gasteiger partial charge in [0, 0.05) is 5.56 Å². The first kappa shape index (κ1) is 32.6. The molecule has 6 aromatic rings. The Morgan fingerprint density at radius 1 is 0.820 bits per heavy atom. The van der Waals surface area contributed by atoms with Gasteiger partial charge in [-0.25, -0.2) is 19.3 Å². The molecule has 7 rings (SSSR count). The van der Waals surface area contributed by atoms with E-state index in [9.17, 15) is 9.59 Å². The number of fused-ring (bicyclic) bond motifs is 1. The van der Waals surface area contributed by atoms with Crippen LogP contribution in [0, 0.1) is 0 Å². The van der Waals surface area contributed by atoms with Crippen molar-refractivity contribution in [3.63, 3.8) is 0 Å². The number of nitrogens with zero attached hydrogens (tertiary/aromatic N) is 4. The van der Waals surface area contributed by atoms with Crippen LogP contribution in [0.1, 0.15) is 33.3 Å². The maximum Gasteiger partial charge on any atom is 0.256 e. The standard InChI is InChI=1S/C38H32FN5O6/c1-47-28-17-13-26(14-18-28)38(25-11-7-4-8-12-25,27-15-19-29(48-2)20-16-27)50-33-30(21-45)49-37(31(33)39)44-23-42-32-34(40-22-41-35(32)44)43-36(46)24-9-5-3-6-10-24/h3-23,30-31,33,37H,1-2H3,(H,40,41,43,46)/t30-,31-,33-,37-/m1/s1. The van der Waals surface area contributed by atoms with E-state index in [0.717, 1.165) is 0 Å². The van der Waals surface area contributed by atoms with E-state index in [1.165, 1.54) is 17.2 Å². The first-order valence-electron chi connectivity index (χ1n) is 15.8.